The van der Waals surface area contributed by atoms with Crippen molar-refractivity contribution >= 4 is 29.6 Å². The van der Waals surface area contributed by atoms with Crippen molar-refractivity contribution in [3.8, 4) is 5.69 Å². The van der Waals surface area contributed by atoms with Crippen LogP contribution in [0.1, 0.15) is 42.6 Å². The molecule has 0 radical (unpaired) electrons. The molecular weight excluding hydrogens is 392 g/mol. The van der Waals surface area contributed by atoms with Crippen molar-refractivity contribution in [2.45, 2.75) is 45.6 Å². The molecule has 2 heterocycles. The maximum Gasteiger partial charge on any atom is 0.331 e. The number of benzene rings is 1. The summed E-state index contributed by atoms with van der Waals surface area (Å²) in [5.41, 5.74) is 4.83. The van der Waals surface area contributed by atoms with E-state index in [-0.39, 0.29) is 11.6 Å². The van der Waals surface area contributed by atoms with Gasteiger partial charge in [-0.15, -0.1) is 0 Å². The topological polar surface area (TPSA) is 74.6 Å². The molecule has 4 amide bonds. The van der Waals surface area contributed by atoms with Crippen LogP contribution in [-0.2, 0) is 9.59 Å². The van der Waals surface area contributed by atoms with Crippen molar-refractivity contribution in [3.05, 3.63) is 52.9 Å². The van der Waals surface area contributed by atoms with Gasteiger partial charge in [0.25, 0.3) is 11.8 Å². The molecule has 1 aromatic carbocycles. The van der Waals surface area contributed by atoms with Gasteiger partial charge in [-0.1, -0.05) is 12.8 Å². The van der Waals surface area contributed by atoms with E-state index in [2.05, 4.69) is 22.0 Å². The van der Waals surface area contributed by atoms with E-state index in [1.54, 1.807) is 6.08 Å². The number of barbiturate groups is 1. The van der Waals surface area contributed by atoms with Crippen LogP contribution in [0.5, 0.6) is 0 Å². The maximum atomic E-state index is 13.1. The van der Waals surface area contributed by atoms with Crippen LogP contribution >= 0.6 is 0 Å². The highest BCUT2D eigenvalue weighted by Gasteiger charge is 2.40. The third kappa shape index (κ3) is 3.76. The minimum atomic E-state index is -0.635. The number of nitrogens with zero attached hydrogens (tertiary/aromatic N) is 3. The summed E-state index contributed by atoms with van der Waals surface area (Å²) >= 11 is 0. The Balaban J connectivity index is 1.69. The molecule has 1 aliphatic heterocycles. The number of hydrogen-bond acceptors (Lipinski definition) is 4. The van der Waals surface area contributed by atoms with Crippen LogP contribution in [-0.4, -0.2) is 47.4 Å². The van der Waals surface area contributed by atoms with E-state index in [9.17, 15) is 14.4 Å². The summed E-state index contributed by atoms with van der Waals surface area (Å²) in [6.07, 6.45) is 5.17. The fourth-order valence-corrected chi connectivity index (χ4v) is 4.55. The van der Waals surface area contributed by atoms with E-state index in [1.165, 1.54) is 4.90 Å². The summed E-state index contributed by atoms with van der Waals surface area (Å²) < 4.78 is 2.09. The maximum absolute atomic E-state index is 13.1. The Kier molecular flexibility index (Phi) is 5.43. The van der Waals surface area contributed by atoms with Gasteiger partial charge < -0.3 is 9.47 Å². The molecule has 4 rings (SSSR count). The molecule has 1 saturated carbocycles. The van der Waals surface area contributed by atoms with Gasteiger partial charge in [0.1, 0.15) is 5.57 Å². The molecule has 1 N–H and O–H groups in total. The number of carbonyl (C=O) groups excluding carboxylic acids is 3. The zero-order valence-corrected chi connectivity index (χ0v) is 18.4. The Morgan fingerprint density at radius 2 is 1.68 bits per heavy atom. The second kappa shape index (κ2) is 8.06. The van der Waals surface area contributed by atoms with Crippen LogP contribution in [0.15, 0.2) is 35.9 Å². The molecule has 1 saturated heterocycles. The molecular formula is C24H28N4O3. The van der Waals surface area contributed by atoms with Gasteiger partial charge in [0.2, 0.25) is 0 Å². The van der Waals surface area contributed by atoms with Gasteiger partial charge in [-0.05, 0) is 68.7 Å². The number of anilines is 1. The summed E-state index contributed by atoms with van der Waals surface area (Å²) in [6.45, 7) is 3.95. The van der Waals surface area contributed by atoms with E-state index >= 15 is 0 Å². The van der Waals surface area contributed by atoms with Crippen LogP contribution in [0.25, 0.3) is 11.8 Å². The van der Waals surface area contributed by atoms with Crippen molar-refractivity contribution in [3.63, 3.8) is 0 Å². The van der Waals surface area contributed by atoms with Crippen LogP contribution in [0.4, 0.5) is 10.5 Å². The minimum Gasteiger partial charge on any atom is -0.378 e. The number of urea groups is 1. The Hall–Kier alpha value is -3.35. The molecule has 31 heavy (non-hydrogen) atoms. The van der Waals surface area contributed by atoms with Crippen LogP contribution in [0.3, 0.4) is 0 Å². The smallest absolute Gasteiger partial charge is 0.331 e. The Labute approximate surface area is 182 Å². The number of aromatic nitrogens is 1. The molecule has 0 spiro atoms. The normalized spacial score (nSPS) is 18.8. The first-order valence-corrected chi connectivity index (χ1v) is 10.6. The fraction of sp³-hybridized carbons (Fsp3) is 0.375. The van der Waals surface area contributed by atoms with Gasteiger partial charge in [-0.2, -0.15) is 0 Å². The lowest BCUT2D eigenvalue weighted by Crippen LogP contribution is -2.57. The molecule has 2 aromatic rings. The second-order valence-corrected chi connectivity index (χ2v) is 8.50. The SMILES string of the molecule is Cc1cc(/C=C2\C(=O)NC(=O)N(C3CCCC3)C2=O)c(C)n1-c1ccc(N(C)C)cc1. The average Bonchev–Trinajstić information content (AvgIpc) is 3.33. The summed E-state index contributed by atoms with van der Waals surface area (Å²) in [6, 6.07) is 9.41. The number of imide groups is 2. The molecule has 0 unspecified atom stereocenters. The molecule has 7 nitrogen and oxygen atoms in total. The third-order valence-corrected chi connectivity index (χ3v) is 6.22. The van der Waals surface area contributed by atoms with E-state index in [1.807, 2.05) is 51.0 Å². The number of rotatable bonds is 4. The lowest BCUT2D eigenvalue weighted by molar-refractivity contribution is -0.131. The van der Waals surface area contributed by atoms with Crippen molar-refractivity contribution in [2.24, 2.45) is 0 Å². The first-order chi connectivity index (χ1) is 14.8. The van der Waals surface area contributed by atoms with E-state index in [4.69, 9.17) is 0 Å². The molecule has 1 aromatic heterocycles. The highest BCUT2D eigenvalue weighted by atomic mass is 16.2. The third-order valence-electron chi connectivity index (χ3n) is 6.22. The number of hydrogen-bond donors (Lipinski definition) is 1. The molecule has 2 aliphatic rings. The van der Waals surface area contributed by atoms with Crippen molar-refractivity contribution in [1.82, 2.24) is 14.8 Å². The molecule has 2 fully saturated rings. The first-order valence-electron chi connectivity index (χ1n) is 10.6. The second-order valence-electron chi connectivity index (χ2n) is 8.50. The molecule has 1 aliphatic carbocycles. The number of aryl methyl sites for hydroxylation is 1. The molecule has 7 heteroatoms. The van der Waals surface area contributed by atoms with Gasteiger partial charge in [0.15, 0.2) is 0 Å². The summed E-state index contributed by atoms with van der Waals surface area (Å²) in [7, 11) is 3.99. The van der Waals surface area contributed by atoms with E-state index in [0.29, 0.717) is 0 Å². The molecule has 0 atom stereocenters. The quantitative estimate of drug-likeness (QED) is 0.606. The monoisotopic (exact) mass is 420 g/mol. The van der Waals surface area contributed by atoms with Gasteiger partial charge in [-0.3, -0.25) is 19.8 Å². The fourth-order valence-electron chi connectivity index (χ4n) is 4.55. The average molecular weight is 421 g/mol. The lowest BCUT2D eigenvalue weighted by atomic mass is 10.1. The van der Waals surface area contributed by atoms with Crippen LogP contribution in [0, 0.1) is 13.8 Å². The van der Waals surface area contributed by atoms with Gasteiger partial charge in [0, 0.05) is 42.9 Å². The summed E-state index contributed by atoms with van der Waals surface area (Å²) in [4.78, 5) is 41.2. The van der Waals surface area contributed by atoms with Crippen LogP contribution in [0.2, 0.25) is 0 Å². The first kappa shape index (κ1) is 20.9. The van der Waals surface area contributed by atoms with Gasteiger partial charge in [0.05, 0.1) is 0 Å². The zero-order chi connectivity index (χ0) is 22.3. The lowest BCUT2D eigenvalue weighted by Gasteiger charge is -2.31. The Morgan fingerprint density at radius 3 is 2.29 bits per heavy atom. The van der Waals surface area contributed by atoms with Crippen molar-refractivity contribution in [1.29, 1.82) is 0 Å². The zero-order valence-electron chi connectivity index (χ0n) is 18.4. The van der Waals surface area contributed by atoms with Crippen LogP contribution < -0.4 is 10.2 Å². The molecule has 0 bridgehead atoms. The largest absolute Gasteiger partial charge is 0.378 e. The molecule has 162 valence electrons. The highest BCUT2D eigenvalue weighted by molar-refractivity contribution is 6.31. The predicted molar refractivity (Wildman–Crippen MR) is 120 cm³/mol. The number of carbonyl (C=O) groups is 3. The van der Waals surface area contributed by atoms with E-state index < -0.39 is 17.8 Å². The van der Waals surface area contributed by atoms with E-state index in [0.717, 1.165) is 54.0 Å². The predicted octanol–water partition coefficient (Wildman–Crippen LogP) is 3.56. The number of amides is 4. The standard InChI is InChI=1S/C24H28N4O3/c1-15-13-17(16(2)27(15)20-11-9-18(10-12-20)26(3)4)14-21-22(29)25-24(31)28(23(21)30)19-7-5-6-8-19/h9-14,19H,5-8H2,1-4H3,(H,25,29,31)/b21-14+. The van der Waals surface area contributed by atoms with Crippen molar-refractivity contribution in [2.75, 3.05) is 19.0 Å². The Morgan fingerprint density at radius 1 is 1.03 bits per heavy atom. The van der Waals surface area contributed by atoms with Gasteiger partial charge >= 0.3 is 6.03 Å². The van der Waals surface area contributed by atoms with Gasteiger partial charge in [-0.25, -0.2) is 4.79 Å². The minimum absolute atomic E-state index is 0.00899. The summed E-state index contributed by atoms with van der Waals surface area (Å²) in [5.74, 6) is -1.13. The number of nitrogens with one attached hydrogen (secondary N) is 1. The Bertz CT molecular complexity index is 1070. The van der Waals surface area contributed by atoms with Crippen molar-refractivity contribution < 1.29 is 14.4 Å². The highest BCUT2D eigenvalue weighted by Crippen LogP contribution is 2.29. The summed E-state index contributed by atoms with van der Waals surface area (Å²) in [5, 5.41) is 2.34.